The van der Waals surface area contributed by atoms with Crippen molar-refractivity contribution in [1.29, 1.82) is 0 Å². The van der Waals surface area contributed by atoms with Gasteiger partial charge in [0.15, 0.2) is 4.73 Å². The number of anilines is 1. The Labute approximate surface area is 163 Å². The molecule has 0 saturated carbocycles. The summed E-state index contributed by atoms with van der Waals surface area (Å²) in [6, 6.07) is 0. The number of aromatic amines is 1. The van der Waals surface area contributed by atoms with Crippen LogP contribution in [-0.4, -0.2) is 62.4 Å². The Bertz CT molecular complexity index is 973. The third-order valence-corrected chi connectivity index (χ3v) is 4.29. The fourth-order valence-corrected chi connectivity index (χ4v) is 3.14. The second-order valence-electron chi connectivity index (χ2n) is 6.99. The number of carbonyl (C=O) groups excluding carboxylic acids is 1. The second kappa shape index (κ2) is 6.90. The number of carbonyl (C=O) groups is 1. The first-order valence-corrected chi connectivity index (χ1v) is 9.03. The molecule has 3 heterocycles. The molecule has 0 radical (unpaired) electrons. The van der Waals surface area contributed by atoms with Gasteiger partial charge in [-0.2, -0.15) is 9.50 Å². The van der Waals surface area contributed by atoms with E-state index in [0.29, 0.717) is 30.9 Å². The van der Waals surface area contributed by atoms with Gasteiger partial charge in [-0.3, -0.25) is 9.89 Å². The maximum atomic E-state index is 13.1. The normalized spacial score (nSPS) is 17.8. The van der Waals surface area contributed by atoms with Gasteiger partial charge in [-0.15, -0.1) is 0 Å². The number of aromatic nitrogens is 4. The third-order valence-electron chi connectivity index (χ3n) is 3.93. The molecule has 142 valence electrons. The topological polar surface area (TPSA) is 95.8 Å². The number of nitrogens with one attached hydrogen (secondary N) is 1. The van der Waals surface area contributed by atoms with Crippen molar-refractivity contribution in [3.05, 3.63) is 20.8 Å². The molecule has 9 nitrogen and oxygen atoms in total. The van der Waals surface area contributed by atoms with Crippen molar-refractivity contribution in [3.63, 3.8) is 0 Å². The lowest BCUT2D eigenvalue weighted by Crippen LogP contribution is -2.51. The summed E-state index contributed by atoms with van der Waals surface area (Å²) in [4.78, 5) is 37.0. The van der Waals surface area contributed by atoms with Crippen LogP contribution >= 0.6 is 15.9 Å². The van der Waals surface area contributed by atoms with Gasteiger partial charge in [-0.25, -0.2) is 9.78 Å². The standard InChI is InChI=1S/C16H23BrN6O3/c1-5-10-11(12(24)23-14(18-10)19-13(17)20-23)21-6-8-22(9-7-21)15(25)26-16(2,3)4/h5-9H2,1-4H3,(H,18,19,20)/i1D3. The summed E-state index contributed by atoms with van der Waals surface area (Å²) in [5.41, 5.74) is -0.653. The third kappa shape index (κ3) is 3.69. The molecule has 10 heteroatoms. The molecule has 2 aromatic rings. The van der Waals surface area contributed by atoms with Crippen molar-refractivity contribution < 1.29 is 13.6 Å². The van der Waals surface area contributed by atoms with Crippen LogP contribution in [0.15, 0.2) is 9.53 Å². The highest BCUT2D eigenvalue weighted by Crippen LogP contribution is 2.19. The van der Waals surface area contributed by atoms with E-state index in [2.05, 4.69) is 31.0 Å². The van der Waals surface area contributed by atoms with Crippen LogP contribution in [0.1, 0.15) is 37.4 Å². The molecule has 0 bridgehead atoms. The monoisotopic (exact) mass is 429 g/mol. The van der Waals surface area contributed by atoms with Crippen molar-refractivity contribution in [3.8, 4) is 0 Å². The average molecular weight is 430 g/mol. The number of halogens is 1. The van der Waals surface area contributed by atoms with E-state index < -0.39 is 24.1 Å². The zero-order chi connectivity index (χ0) is 21.6. The smallest absolute Gasteiger partial charge is 0.410 e. The minimum Gasteiger partial charge on any atom is -0.444 e. The van der Waals surface area contributed by atoms with Crippen molar-refractivity contribution in [2.45, 2.75) is 39.6 Å². The van der Waals surface area contributed by atoms with Crippen LogP contribution in [-0.2, 0) is 11.2 Å². The number of amides is 1. The summed E-state index contributed by atoms with van der Waals surface area (Å²) in [6.45, 7) is 4.50. The minimum atomic E-state index is -2.29. The van der Waals surface area contributed by atoms with Crippen LogP contribution in [0.5, 0.6) is 0 Å². The first kappa shape index (κ1) is 15.0. The zero-order valence-corrected chi connectivity index (χ0v) is 16.5. The van der Waals surface area contributed by atoms with E-state index in [0.717, 1.165) is 0 Å². The molecule has 1 saturated heterocycles. The number of H-pyrrole nitrogens is 1. The van der Waals surface area contributed by atoms with Gasteiger partial charge < -0.3 is 14.5 Å². The first-order valence-electron chi connectivity index (χ1n) is 9.74. The fraction of sp³-hybridized carbons (Fsp3) is 0.625. The van der Waals surface area contributed by atoms with E-state index in [1.54, 1.807) is 30.6 Å². The molecule has 0 aromatic carbocycles. The largest absolute Gasteiger partial charge is 0.444 e. The Morgan fingerprint density at radius 1 is 1.31 bits per heavy atom. The quantitative estimate of drug-likeness (QED) is 0.781. The Morgan fingerprint density at radius 2 is 2.00 bits per heavy atom. The molecule has 0 spiro atoms. The van der Waals surface area contributed by atoms with Gasteiger partial charge in [-0.05, 0) is 43.1 Å². The predicted molar refractivity (Wildman–Crippen MR) is 101 cm³/mol. The zero-order valence-electron chi connectivity index (χ0n) is 17.9. The van der Waals surface area contributed by atoms with Gasteiger partial charge >= 0.3 is 6.09 Å². The molecule has 1 amide bonds. The van der Waals surface area contributed by atoms with Gasteiger partial charge in [0.2, 0.25) is 0 Å². The lowest BCUT2D eigenvalue weighted by atomic mass is 10.2. The molecule has 1 aliphatic heterocycles. The summed E-state index contributed by atoms with van der Waals surface area (Å²) >= 11 is 3.16. The molecular formula is C16H23BrN6O3. The summed E-state index contributed by atoms with van der Waals surface area (Å²) in [5.74, 6) is 0.0947. The molecule has 0 aliphatic carbocycles. The highest BCUT2D eigenvalue weighted by atomic mass is 79.9. The Kier molecular flexibility index (Phi) is 3.98. The SMILES string of the molecule is [2H]C([2H])([2H])Cc1nc2nc(Br)[nH]n2c(=O)c1N1CCN(C(=O)OC(C)(C)C)CC1. The van der Waals surface area contributed by atoms with Crippen LogP contribution in [0, 0.1) is 0 Å². The number of nitrogens with zero attached hydrogens (tertiary/aromatic N) is 5. The molecule has 26 heavy (non-hydrogen) atoms. The van der Waals surface area contributed by atoms with Crippen molar-refractivity contribution in [2.75, 3.05) is 31.1 Å². The highest BCUT2D eigenvalue weighted by molar-refractivity contribution is 9.10. The fourth-order valence-electron chi connectivity index (χ4n) is 2.80. The van der Waals surface area contributed by atoms with Gasteiger partial charge in [0, 0.05) is 30.3 Å². The summed E-state index contributed by atoms with van der Waals surface area (Å²) in [5, 5.41) is 2.74. The molecule has 0 unspecified atom stereocenters. The van der Waals surface area contributed by atoms with Gasteiger partial charge in [0.25, 0.3) is 11.3 Å². The van der Waals surface area contributed by atoms with E-state index in [1.807, 2.05) is 0 Å². The van der Waals surface area contributed by atoms with E-state index in [4.69, 9.17) is 8.85 Å². The van der Waals surface area contributed by atoms with E-state index in [-0.39, 0.29) is 23.6 Å². The average Bonchev–Trinajstić information content (AvgIpc) is 2.93. The molecule has 1 fully saturated rings. The number of fused-ring (bicyclic) bond motifs is 1. The van der Waals surface area contributed by atoms with E-state index in [9.17, 15) is 9.59 Å². The van der Waals surface area contributed by atoms with Crippen LogP contribution in [0.2, 0.25) is 0 Å². The highest BCUT2D eigenvalue weighted by Gasteiger charge is 2.28. The van der Waals surface area contributed by atoms with Crippen LogP contribution in [0.3, 0.4) is 0 Å². The number of hydrogen-bond donors (Lipinski definition) is 1. The number of ether oxygens (including phenoxy) is 1. The molecule has 1 N–H and O–H groups in total. The lowest BCUT2D eigenvalue weighted by molar-refractivity contribution is 0.0240. The van der Waals surface area contributed by atoms with Crippen LogP contribution < -0.4 is 10.5 Å². The number of hydrogen-bond acceptors (Lipinski definition) is 6. The Balaban J connectivity index is 1.89. The van der Waals surface area contributed by atoms with E-state index >= 15 is 0 Å². The second-order valence-corrected chi connectivity index (χ2v) is 7.74. The predicted octanol–water partition coefficient (Wildman–Crippen LogP) is 1.80. The van der Waals surface area contributed by atoms with Gasteiger partial charge in [-0.1, -0.05) is 6.85 Å². The summed E-state index contributed by atoms with van der Waals surface area (Å²) in [7, 11) is 0. The van der Waals surface area contributed by atoms with Crippen molar-refractivity contribution in [1.82, 2.24) is 24.5 Å². The molecular weight excluding hydrogens is 404 g/mol. The number of piperazine rings is 1. The maximum absolute atomic E-state index is 13.1. The molecule has 2 aromatic heterocycles. The van der Waals surface area contributed by atoms with Crippen molar-refractivity contribution >= 4 is 33.5 Å². The summed E-state index contributed by atoms with van der Waals surface area (Å²) in [6.07, 6.45) is -0.771. The maximum Gasteiger partial charge on any atom is 0.410 e. The van der Waals surface area contributed by atoms with Crippen LogP contribution in [0.25, 0.3) is 5.78 Å². The minimum absolute atomic E-state index is 0.0947. The van der Waals surface area contributed by atoms with E-state index in [1.165, 1.54) is 4.52 Å². The lowest BCUT2D eigenvalue weighted by Gasteiger charge is -2.36. The van der Waals surface area contributed by atoms with Crippen LogP contribution in [0.4, 0.5) is 10.5 Å². The first-order chi connectivity index (χ1) is 13.3. The molecule has 3 rings (SSSR count). The van der Waals surface area contributed by atoms with Gasteiger partial charge in [0.1, 0.15) is 11.3 Å². The number of aryl methyl sites for hydroxylation is 1. The molecule has 0 atom stereocenters. The Morgan fingerprint density at radius 3 is 2.62 bits per heavy atom. The Hall–Kier alpha value is -2.10. The van der Waals surface area contributed by atoms with Crippen molar-refractivity contribution in [2.24, 2.45) is 0 Å². The summed E-state index contributed by atoms with van der Waals surface area (Å²) < 4.78 is 29.7. The van der Waals surface area contributed by atoms with Gasteiger partial charge in [0.05, 0.1) is 5.69 Å². The number of rotatable bonds is 2. The molecule has 1 aliphatic rings.